The van der Waals surface area contributed by atoms with Gasteiger partial charge in [-0.25, -0.2) is 9.29 Å². The Labute approximate surface area is 136 Å². The molecule has 1 aromatic heterocycles. The summed E-state index contributed by atoms with van der Waals surface area (Å²) in [5, 5.41) is 8.35. The second kappa shape index (κ2) is 4.57. The number of nitrogens with zero attached hydrogens (tertiary/aromatic N) is 5. The summed E-state index contributed by atoms with van der Waals surface area (Å²) in [6.45, 7) is 0. The zero-order valence-electron chi connectivity index (χ0n) is 12.9. The summed E-state index contributed by atoms with van der Waals surface area (Å²) in [6, 6.07) is 4.64. The number of aromatic nitrogens is 3. The molecule has 2 aromatic rings. The van der Waals surface area contributed by atoms with E-state index in [-0.39, 0.29) is 11.5 Å². The Kier molecular flexibility index (Phi) is 2.58. The number of benzene rings is 1. The van der Waals surface area contributed by atoms with Crippen molar-refractivity contribution >= 4 is 23.8 Å². The second-order valence-electron chi connectivity index (χ2n) is 6.23. The SMILES string of the molecule is CN1C(=O)c2c(F)cccc2[NH+]2C=NC(n3cc(C4CC4)nn3)=C12. The lowest BCUT2D eigenvalue weighted by Gasteiger charge is -2.28. The van der Waals surface area contributed by atoms with Crippen LogP contribution in [-0.4, -0.2) is 39.2 Å². The van der Waals surface area contributed by atoms with Crippen molar-refractivity contribution in [3.8, 4) is 0 Å². The van der Waals surface area contributed by atoms with Crippen LogP contribution in [0.15, 0.2) is 35.2 Å². The molecule has 0 bridgehead atoms. The van der Waals surface area contributed by atoms with Gasteiger partial charge in [0.15, 0.2) is 5.69 Å². The Morgan fingerprint density at radius 3 is 2.96 bits per heavy atom. The third-order valence-corrected chi connectivity index (χ3v) is 4.66. The summed E-state index contributed by atoms with van der Waals surface area (Å²) in [4.78, 5) is 19.2. The first-order valence-corrected chi connectivity index (χ1v) is 7.80. The molecule has 5 rings (SSSR count). The number of fused-ring (bicyclic) bond motifs is 3. The molecule has 8 heteroatoms. The van der Waals surface area contributed by atoms with Gasteiger partial charge in [-0.15, -0.1) is 5.10 Å². The second-order valence-corrected chi connectivity index (χ2v) is 6.23. The van der Waals surface area contributed by atoms with E-state index < -0.39 is 5.82 Å². The van der Waals surface area contributed by atoms with Crippen LogP contribution in [0.3, 0.4) is 0 Å². The van der Waals surface area contributed by atoms with Crippen LogP contribution in [0.4, 0.5) is 10.1 Å². The lowest BCUT2D eigenvalue weighted by molar-refractivity contribution is -0.685. The van der Waals surface area contributed by atoms with Gasteiger partial charge in [0.1, 0.15) is 11.4 Å². The minimum Gasteiger partial charge on any atom is -0.268 e. The van der Waals surface area contributed by atoms with Crippen LogP contribution in [0.2, 0.25) is 0 Å². The average molecular weight is 325 g/mol. The fourth-order valence-corrected chi connectivity index (χ4v) is 3.25. The van der Waals surface area contributed by atoms with Gasteiger partial charge in [0.2, 0.25) is 12.2 Å². The van der Waals surface area contributed by atoms with Crippen LogP contribution in [0, 0.1) is 5.82 Å². The molecule has 120 valence electrons. The maximum absolute atomic E-state index is 14.1. The highest BCUT2D eigenvalue weighted by molar-refractivity contribution is 6.01. The van der Waals surface area contributed by atoms with Crippen molar-refractivity contribution < 1.29 is 14.1 Å². The number of nitrogens with one attached hydrogen (secondary N) is 1. The summed E-state index contributed by atoms with van der Waals surface area (Å²) >= 11 is 0. The van der Waals surface area contributed by atoms with Gasteiger partial charge in [0, 0.05) is 19.0 Å². The number of hydrogen-bond acceptors (Lipinski definition) is 4. The highest BCUT2D eigenvalue weighted by Crippen LogP contribution is 2.39. The smallest absolute Gasteiger partial charge is 0.268 e. The first kappa shape index (κ1) is 13.6. The van der Waals surface area contributed by atoms with Crippen molar-refractivity contribution in [2.24, 2.45) is 4.99 Å². The predicted molar refractivity (Wildman–Crippen MR) is 82.8 cm³/mol. The topological polar surface area (TPSA) is 67.8 Å². The van der Waals surface area contributed by atoms with E-state index in [2.05, 4.69) is 15.3 Å². The fraction of sp³-hybridized carbons (Fsp3) is 0.250. The number of quaternary nitrogens is 1. The molecule has 1 amide bonds. The first-order chi connectivity index (χ1) is 11.6. The molecule has 1 atom stereocenters. The molecule has 1 aromatic carbocycles. The van der Waals surface area contributed by atoms with Gasteiger partial charge >= 0.3 is 0 Å². The zero-order chi connectivity index (χ0) is 16.4. The third kappa shape index (κ3) is 1.74. The first-order valence-electron chi connectivity index (χ1n) is 7.80. The maximum atomic E-state index is 14.1. The van der Waals surface area contributed by atoms with Crippen molar-refractivity contribution in [3.63, 3.8) is 0 Å². The number of carbonyl (C=O) groups is 1. The molecule has 3 heterocycles. The van der Waals surface area contributed by atoms with Gasteiger partial charge in [0.05, 0.1) is 11.9 Å². The number of halogens is 1. The molecule has 1 N–H and O–H groups in total. The van der Waals surface area contributed by atoms with Crippen molar-refractivity contribution in [2.75, 3.05) is 7.05 Å². The van der Waals surface area contributed by atoms with E-state index in [9.17, 15) is 9.18 Å². The van der Waals surface area contributed by atoms with Gasteiger partial charge in [-0.1, -0.05) is 11.3 Å². The minimum absolute atomic E-state index is 0.0868. The zero-order valence-corrected chi connectivity index (χ0v) is 12.9. The molecule has 1 unspecified atom stereocenters. The Morgan fingerprint density at radius 1 is 1.33 bits per heavy atom. The number of amides is 1. The summed E-state index contributed by atoms with van der Waals surface area (Å²) < 4.78 is 15.7. The molecule has 2 aliphatic heterocycles. The van der Waals surface area contributed by atoms with Gasteiger partial charge in [0.25, 0.3) is 11.7 Å². The lowest BCUT2D eigenvalue weighted by atomic mass is 10.1. The summed E-state index contributed by atoms with van der Waals surface area (Å²) in [5.41, 5.74) is 1.60. The van der Waals surface area contributed by atoms with E-state index in [0.717, 1.165) is 23.4 Å². The molecule has 0 spiro atoms. The molecule has 1 fully saturated rings. The molecule has 24 heavy (non-hydrogen) atoms. The monoisotopic (exact) mass is 325 g/mol. The van der Waals surface area contributed by atoms with E-state index in [4.69, 9.17) is 0 Å². The average Bonchev–Trinajstić information content (AvgIpc) is 3.14. The predicted octanol–water partition coefficient (Wildman–Crippen LogP) is 0.722. The Hall–Kier alpha value is -2.87. The fourth-order valence-electron chi connectivity index (χ4n) is 3.25. The Morgan fingerprint density at radius 2 is 2.17 bits per heavy atom. The van der Waals surface area contributed by atoms with E-state index >= 15 is 0 Å². The standard InChI is InChI=1S/C16H13FN6O/c1-21-15-14(23-7-11(19-20-23)9-5-6-9)18-8-22(15)12-4-2-3-10(17)13(12)16(21)24/h2-4,7-9H,5-6H2,1H3/p+1. The van der Waals surface area contributed by atoms with Crippen molar-refractivity contribution in [2.45, 2.75) is 18.8 Å². The van der Waals surface area contributed by atoms with E-state index in [0.29, 0.717) is 23.2 Å². The number of rotatable bonds is 2. The summed E-state index contributed by atoms with van der Waals surface area (Å²) in [7, 11) is 1.63. The van der Waals surface area contributed by atoms with Gasteiger partial charge in [-0.3, -0.25) is 9.69 Å². The normalized spacial score (nSPS) is 22.2. The molecule has 0 radical (unpaired) electrons. The van der Waals surface area contributed by atoms with E-state index in [1.807, 2.05) is 6.20 Å². The number of aliphatic imine (C=N–C) groups is 1. The Balaban J connectivity index is 1.67. The van der Waals surface area contributed by atoms with Crippen molar-refractivity contribution in [1.29, 1.82) is 0 Å². The third-order valence-electron chi connectivity index (χ3n) is 4.66. The molecule has 0 saturated heterocycles. The molecule has 1 aliphatic carbocycles. The molecular formula is C16H14FN6O+. The minimum atomic E-state index is -0.519. The highest BCUT2D eigenvalue weighted by atomic mass is 19.1. The molecule has 7 nitrogen and oxygen atoms in total. The van der Waals surface area contributed by atoms with Crippen LogP contribution in [0.5, 0.6) is 0 Å². The quantitative estimate of drug-likeness (QED) is 0.885. The summed E-state index contributed by atoms with van der Waals surface area (Å²) in [6.07, 6.45) is 5.79. The number of carbonyl (C=O) groups excluding carboxylic acids is 1. The van der Waals surface area contributed by atoms with E-state index in [1.165, 1.54) is 11.0 Å². The maximum Gasteiger partial charge on any atom is 0.271 e. The molecule has 3 aliphatic rings. The van der Waals surface area contributed by atoms with Crippen LogP contribution in [-0.2, 0) is 0 Å². The van der Waals surface area contributed by atoms with Gasteiger partial charge < -0.3 is 0 Å². The summed E-state index contributed by atoms with van der Waals surface area (Å²) in [5.74, 6) is 0.751. The van der Waals surface area contributed by atoms with Crippen LogP contribution >= 0.6 is 0 Å². The number of hydrogen-bond donors (Lipinski definition) is 1. The van der Waals surface area contributed by atoms with Crippen LogP contribution in [0.1, 0.15) is 34.8 Å². The van der Waals surface area contributed by atoms with Gasteiger partial charge in [-0.05, 0) is 18.9 Å². The van der Waals surface area contributed by atoms with Gasteiger partial charge in [-0.2, -0.15) is 9.67 Å². The lowest BCUT2D eigenvalue weighted by Crippen LogP contribution is -3.06. The van der Waals surface area contributed by atoms with Crippen molar-refractivity contribution in [1.82, 2.24) is 19.9 Å². The molecular weight excluding hydrogens is 311 g/mol. The van der Waals surface area contributed by atoms with E-state index in [1.54, 1.807) is 30.2 Å². The van der Waals surface area contributed by atoms with Crippen molar-refractivity contribution in [3.05, 3.63) is 47.3 Å². The largest absolute Gasteiger partial charge is 0.271 e. The Bertz CT molecular complexity index is 942. The van der Waals surface area contributed by atoms with Crippen LogP contribution in [0.25, 0.3) is 5.82 Å². The highest BCUT2D eigenvalue weighted by Gasteiger charge is 2.43. The van der Waals surface area contributed by atoms with Crippen LogP contribution < -0.4 is 4.90 Å². The molecule has 1 saturated carbocycles.